The van der Waals surface area contributed by atoms with Gasteiger partial charge in [-0.25, -0.2) is 0 Å². The molecule has 2 aromatic rings. The van der Waals surface area contributed by atoms with Gasteiger partial charge in [-0.1, -0.05) is 12.1 Å². The number of piperidine rings is 1. The summed E-state index contributed by atoms with van der Waals surface area (Å²) in [4.78, 5) is 15.2. The fourth-order valence-corrected chi connectivity index (χ4v) is 3.34. The number of aromatic nitrogens is 2. The maximum atomic E-state index is 12.8. The normalized spacial score (nSPS) is 18.5. The van der Waals surface area contributed by atoms with Gasteiger partial charge in [-0.15, -0.1) is 0 Å². The fraction of sp³-hybridized carbons (Fsp3) is 0.474. The minimum absolute atomic E-state index is 0.0621. The quantitative estimate of drug-likeness (QED) is 0.765. The van der Waals surface area contributed by atoms with Crippen LogP contribution >= 0.6 is 0 Å². The van der Waals surface area contributed by atoms with Gasteiger partial charge in [0.05, 0.1) is 13.3 Å². The molecule has 1 aliphatic rings. The van der Waals surface area contributed by atoms with Crippen molar-refractivity contribution in [1.29, 1.82) is 0 Å². The molecule has 3 rings (SSSR count). The Morgan fingerprint density at radius 2 is 2.29 bits per heavy atom. The number of ketones is 1. The van der Waals surface area contributed by atoms with E-state index in [-0.39, 0.29) is 11.7 Å². The molecule has 0 spiro atoms. The van der Waals surface area contributed by atoms with Crippen LogP contribution in [0.5, 0.6) is 5.75 Å². The molecule has 1 saturated heterocycles. The first-order chi connectivity index (χ1) is 11.7. The van der Waals surface area contributed by atoms with Gasteiger partial charge in [-0.3, -0.25) is 14.4 Å². The van der Waals surface area contributed by atoms with E-state index < -0.39 is 0 Å². The lowest BCUT2D eigenvalue weighted by molar-refractivity contribution is 0.0811. The van der Waals surface area contributed by atoms with Crippen molar-refractivity contribution >= 4 is 5.78 Å². The predicted molar refractivity (Wildman–Crippen MR) is 93.2 cm³/mol. The van der Waals surface area contributed by atoms with Crippen molar-refractivity contribution in [1.82, 2.24) is 14.7 Å². The topological polar surface area (TPSA) is 47.4 Å². The predicted octanol–water partition coefficient (Wildman–Crippen LogP) is 3.01. The first-order valence-corrected chi connectivity index (χ1v) is 8.61. The van der Waals surface area contributed by atoms with Crippen molar-refractivity contribution in [2.45, 2.75) is 32.9 Å². The molecule has 1 aromatic heterocycles. The van der Waals surface area contributed by atoms with E-state index in [0.717, 1.165) is 50.3 Å². The monoisotopic (exact) mass is 327 g/mol. The number of hydrogen-bond acceptors (Lipinski definition) is 4. The SMILES string of the molecule is CCn1cc(CN2CCCC(C(=O)c3cccc(OC)c3)C2)cn1. The minimum Gasteiger partial charge on any atom is -0.497 e. The second-order valence-corrected chi connectivity index (χ2v) is 6.37. The molecule has 0 aliphatic carbocycles. The number of likely N-dealkylation sites (tertiary alicyclic amines) is 1. The highest BCUT2D eigenvalue weighted by Crippen LogP contribution is 2.24. The van der Waals surface area contributed by atoms with Gasteiger partial charge in [0.1, 0.15) is 5.75 Å². The third-order valence-corrected chi connectivity index (χ3v) is 4.65. The Morgan fingerprint density at radius 1 is 1.42 bits per heavy atom. The summed E-state index contributed by atoms with van der Waals surface area (Å²) >= 11 is 0. The van der Waals surface area contributed by atoms with Crippen molar-refractivity contribution in [3.8, 4) is 5.75 Å². The number of methoxy groups -OCH3 is 1. The fourth-order valence-electron chi connectivity index (χ4n) is 3.34. The second-order valence-electron chi connectivity index (χ2n) is 6.37. The van der Waals surface area contributed by atoms with Gasteiger partial charge >= 0.3 is 0 Å². The highest BCUT2D eigenvalue weighted by Gasteiger charge is 2.27. The van der Waals surface area contributed by atoms with Gasteiger partial charge in [-0.2, -0.15) is 5.10 Å². The second kappa shape index (κ2) is 7.62. The number of ether oxygens (including phenoxy) is 1. The van der Waals surface area contributed by atoms with Crippen LogP contribution in [0.4, 0.5) is 0 Å². The maximum absolute atomic E-state index is 12.8. The summed E-state index contributed by atoms with van der Waals surface area (Å²) in [5.74, 6) is 1.02. The molecule has 1 fully saturated rings. The number of benzene rings is 1. The van der Waals surface area contributed by atoms with Crippen LogP contribution in [0.2, 0.25) is 0 Å². The van der Waals surface area contributed by atoms with Crippen LogP contribution in [0, 0.1) is 5.92 Å². The lowest BCUT2D eigenvalue weighted by atomic mass is 9.90. The molecule has 0 N–H and O–H groups in total. The highest BCUT2D eigenvalue weighted by atomic mass is 16.5. The molecule has 1 unspecified atom stereocenters. The first-order valence-electron chi connectivity index (χ1n) is 8.61. The van der Waals surface area contributed by atoms with Crippen LogP contribution in [0.1, 0.15) is 35.7 Å². The number of Topliss-reactive ketones (excluding diaryl/α,β-unsaturated/α-hetero) is 1. The van der Waals surface area contributed by atoms with Gasteiger partial charge in [0.15, 0.2) is 5.78 Å². The molecule has 0 saturated carbocycles. The molecule has 24 heavy (non-hydrogen) atoms. The average Bonchev–Trinajstić information content (AvgIpc) is 3.09. The minimum atomic E-state index is 0.0621. The van der Waals surface area contributed by atoms with Crippen LogP contribution < -0.4 is 4.74 Å². The van der Waals surface area contributed by atoms with E-state index in [9.17, 15) is 4.79 Å². The Hall–Kier alpha value is -2.14. The van der Waals surface area contributed by atoms with Crippen LogP contribution in [0.3, 0.4) is 0 Å². The van der Waals surface area contributed by atoms with Gasteiger partial charge < -0.3 is 4.74 Å². The molecule has 0 radical (unpaired) electrons. The van der Waals surface area contributed by atoms with Crippen molar-refractivity contribution in [2.75, 3.05) is 20.2 Å². The van der Waals surface area contributed by atoms with Crippen molar-refractivity contribution < 1.29 is 9.53 Å². The van der Waals surface area contributed by atoms with Gasteiger partial charge in [0.25, 0.3) is 0 Å². The van der Waals surface area contributed by atoms with Crippen LogP contribution in [0.25, 0.3) is 0 Å². The number of nitrogens with zero attached hydrogens (tertiary/aromatic N) is 3. The molecule has 1 aromatic carbocycles. The van der Waals surface area contributed by atoms with E-state index in [2.05, 4.69) is 23.1 Å². The Morgan fingerprint density at radius 3 is 3.04 bits per heavy atom. The number of rotatable bonds is 6. The largest absolute Gasteiger partial charge is 0.497 e. The summed E-state index contributed by atoms with van der Waals surface area (Å²) in [6.45, 7) is 5.69. The molecular formula is C19H25N3O2. The Labute approximate surface area is 143 Å². The lowest BCUT2D eigenvalue weighted by Gasteiger charge is -2.31. The van der Waals surface area contributed by atoms with E-state index in [1.165, 1.54) is 5.56 Å². The molecule has 2 heterocycles. The van der Waals surface area contributed by atoms with Gasteiger partial charge in [0, 0.05) is 42.9 Å². The van der Waals surface area contributed by atoms with Crippen molar-refractivity contribution in [3.05, 3.63) is 47.8 Å². The summed E-state index contributed by atoms with van der Waals surface area (Å²) in [5.41, 5.74) is 1.96. The van der Waals surface area contributed by atoms with E-state index >= 15 is 0 Å². The summed E-state index contributed by atoms with van der Waals surface area (Å²) in [6.07, 6.45) is 6.04. The van der Waals surface area contributed by atoms with E-state index in [4.69, 9.17) is 4.74 Å². The third-order valence-electron chi connectivity index (χ3n) is 4.65. The first kappa shape index (κ1) is 16.7. The Kier molecular flexibility index (Phi) is 5.30. The molecular weight excluding hydrogens is 302 g/mol. The smallest absolute Gasteiger partial charge is 0.167 e. The standard InChI is InChI=1S/C19H25N3O2/c1-3-22-13-15(11-20-22)12-21-9-5-7-17(14-21)19(23)16-6-4-8-18(10-16)24-2/h4,6,8,10-11,13,17H,3,5,7,9,12,14H2,1-2H3. The zero-order valence-electron chi connectivity index (χ0n) is 14.4. The van der Waals surface area contributed by atoms with Gasteiger partial charge in [-0.05, 0) is 38.4 Å². The Balaban J connectivity index is 1.64. The molecule has 0 bridgehead atoms. The van der Waals surface area contributed by atoms with Gasteiger partial charge in [0.2, 0.25) is 0 Å². The number of hydrogen-bond donors (Lipinski definition) is 0. The van der Waals surface area contributed by atoms with Crippen molar-refractivity contribution in [3.63, 3.8) is 0 Å². The van der Waals surface area contributed by atoms with Crippen LogP contribution in [-0.4, -0.2) is 40.7 Å². The summed E-state index contributed by atoms with van der Waals surface area (Å²) in [6, 6.07) is 7.47. The van der Waals surface area contributed by atoms with E-state index in [1.807, 2.05) is 35.1 Å². The average molecular weight is 327 g/mol. The highest BCUT2D eigenvalue weighted by molar-refractivity contribution is 5.98. The summed E-state index contributed by atoms with van der Waals surface area (Å²) in [5, 5.41) is 4.33. The lowest BCUT2D eigenvalue weighted by Crippen LogP contribution is -2.38. The molecule has 5 heteroatoms. The van der Waals surface area contributed by atoms with E-state index in [0.29, 0.717) is 0 Å². The Bertz CT molecular complexity index is 695. The summed E-state index contributed by atoms with van der Waals surface area (Å²) in [7, 11) is 1.63. The number of carbonyl (C=O) groups is 1. The van der Waals surface area contributed by atoms with Crippen LogP contribution in [-0.2, 0) is 13.1 Å². The molecule has 5 nitrogen and oxygen atoms in total. The maximum Gasteiger partial charge on any atom is 0.167 e. The molecule has 128 valence electrons. The van der Waals surface area contributed by atoms with E-state index in [1.54, 1.807) is 7.11 Å². The number of aryl methyl sites for hydroxylation is 1. The number of carbonyl (C=O) groups excluding carboxylic acids is 1. The zero-order chi connectivity index (χ0) is 16.9. The van der Waals surface area contributed by atoms with Crippen LogP contribution in [0.15, 0.2) is 36.7 Å². The van der Waals surface area contributed by atoms with Crippen molar-refractivity contribution in [2.24, 2.45) is 5.92 Å². The summed E-state index contributed by atoms with van der Waals surface area (Å²) < 4.78 is 7.18. The molecule has 1 atom stereocenters. The molecule has 0 amide bonds. The third kappa shape index (κ3) is 3.85. The molecule has 1 aliphatic heterocycles. The zero-order valence-corrected chi connectivity index (χ0v) is 14.4.